The zero-order chi connectivity index (χ0) is 17.4. The van der Waals surface area contributed by atoms with Gasteiger partial charge in [-0.2, -0.15) is 0 Å². The Hall–Kier alpha value is -1.99. The predicted molar refractivity (Wildman–Crippen MR) is 90.7 cm³/mol. The third-order valence-corrected chi connectivity index (χ3v) is 4.29. The van der Waals surface area contributed by atoms with Crippen molar-refractivity contribution in [2.75, 3.05) is 26.2 Å². The number of hydrogen-bond acceptors (Lipinski definition) is 5. The van der Waals surface area contributed by atoms with Crippen LogP contribution in [-0.2, 0) is 11.2 Å². The van der Waals surface area contributed by atoms with Gasteiger partial charge < -0.3 is 15.3 Å². The molecule has 7 nitrogen and oxygen atoms in total. The summed E-state index contributed by atoms with van der Waals surface area (Å²) in [4.78, 5) is 24.4. The lowest BCUT2D eigenvalue weighted by Crippen LogP contribution is -2.37. The summed E-state index contributed by atoms with van der Waals surface area (Å²) in [6.07, 6.45) is 3.22. The lowest BCUT2D eigenvalue weighted by molar-refractivity contribution is -0.384. The molecule has 0 aliphatic carbocycles. The van der Waals surface area contributed by atoms with E-state index in [2.05, 4.69) is 10.2 Å². The second-order valence-electron chi connectivity index (χ2n) is 6.20. The number of aryl methyl sites for hydroxylation is 1. The molecule has 0 bridgehead atoms. The van der Waals surface area contributed by atoms with Crippen LogP contribution in [0.15, 0.2) is 24.3 Å². The molecule has 1 aromatic carbocycles. The Labute approximate surface area is 141 Å². The van der Waals surface area contributed by atoms with Gasteiger partial charge in [0.15, 0.2) is 0 Å². The number of nitrogens with zero attached hydrogens (tertiary/aromatic N) is 2. The number of carbonyl (C=O) groups excluding carboxylic acids is 1. The maximum Gasteiger partial charge on any atom is 0.269 e. The third kappa shape index (κ3) is 6.25. The first-order valence-corrected chi connectivity index (χ1v) is 8.45. The molecule has 2 rings (SSSR count). The fourth-order valence-corrected chi connectivity index (χ4v) is 2.85. The van der Waals surface area contributed by atoms with Crippen molar-refractivity contribution in [1.29, 1.82) is 0 Å². The van der Waals surface area contributed by atoms with Gasteiger partial charge in [-0.15, -0.1) is 0 Å². The van der Waals surface area contributed by atoms with Crippen LogP contribution >= 0.6 is 0 Å². The molecule has 1 heterocycles. The highest BCUT2D eigenvalue weighted by atomic mass is 16.6. The minimum absolute atomic E-state index is 0.0319. The van der Waals surface area contributed by atoms with Gasteiger partial charge in [0.25, 0.3) is 5.69 Å². The van der Waals surface area contributed by atoms with Crippen molar-refractivity contribution < 1.29 is 14.8 Å². The van der Waals surface area contributed by atoms with Crippen LogP contribution in [0.2, 0.25) is 0 Å². The van der Waals surface area contributed by atoms with Crippen LogP contribution in [0.4, 0.5) is 5.69 Å². The van der Waals surface area contributed by atoms with Crippen molar-refractivity contribution in [3.05, 3.63) is 39.9 Å². The van der Waals surface area contributed by atoms with E-state index in [0.717, 1.165) is 44.5 Å². The van der Waals surface area contributed by atoms with E-state index >= 15 is 0 Å². The summed E-state index contributed by atoms with van der Waals surface area (Å²) in [5.41, 5.74) is 0.853. The molecule has 0 saturated carbocycles. The first-order valence-electron chi connectivity index (χ1n) is 8.45. The van der Waals surface area contributed by atoms with Crippen molar-refractivity contribution >= 4 is 11.6 Å². The quantitative estimate of drug-likeness (QED) is 0.426. The highest BCUT2D eigenvalue weighted by Crippen LogP contribution is 2.14. The third-order valence-electron chi connectivity index (χ3n) is 4.29. The van der Waals surface area contributed by atoms with E-state index in [9.17, 15) is 20.0 Å². The van der Waals surface area contributed by atoms with Gasteiger partial charge in [-0.25, -0.2) is 0 Å². The molecule has 0 radical (unpaired) electrons. The predicted octanol–water partition coefficient (Wildman–Crippen LogP) is 1.49. The Morgan fingerprint density at radius 1 is 1.38 bits per heavy atom. The number of piperidine rings is 1. The van der Waals surface area contributed by atoms with Crippen LogP contribution in [0, 0.1) is 10.1 Å². The van der Waals surface area contributed by atoms with Crippen molar-refractivity contribution in [2.45, 2.75) is 38.2 Å². The average molecular weight is 335 g/mol. The van der Waals surface area contributed by atoms with E-state index in [0.29, 0.717) is 19.4 Å². The van der Waals surface area contributed by atoms with Gasteiger partial charge in [0, 0.05) is 38.2 Å². The smallest absolute Gasteiger partial charge is 0.269 e. The van der Waals surface area contributed by atoms with Crippen LogP contribution in [0.5, 0.6) is 0 Å². The summed E-state index contributed by atoms with van der Waals surface area (Å²) in [6, 6.07) is 6.40. The summed E-state index contributed by atoms with van der Waals surface area (Å²) in [5, 5.41) is 23.1. The minimum atomic E-state index is -0.427. The monoisotopic (exact) mass is 335 g/mol. The minimum Gasteiger partial charge on any atom is -0.393 e. The van der Waals surface area contributed by atoms with Crippen molar-refractivity contribution in [3.8, 4) is 0 Å². The zero-order valence-corrected chi connectivity index (χ0v) is 13.8. The molecule has 24 heavy (non-hydrogen) atoms. The number of hydrogen-bond donors (Lipinski definition) is 2. The zero-order valence-electron chi connectivity index (χ0n) is 13.8. The number of nitro groups is 1. The molecule has 1 amide bonds. The molecule has 1 aliphatic heterocycles. The second kappa shape index (κ2) is 9.34. The number of carbonyl (C=O) groups is 1. The number of benzene rings is 1. The maximum atomic E-state index is 11.8. The normalized spacial score (nSPS) is 16.0. The first-order chi connectivity index (χ1) is 11.5. The number of likely N-dealkylation sites (tertiary alicyclic amines) is 1. The van der Waals surface area contributed by atoms with E-state index in [1.54, 1.807) is 12.1 Å². The molecule has 0 spiro atoms. The Morgan fingerprint density at radius 3 is 2.83 bits per heavy atom. The van der Waals surface area contributed by atoms with Crippen LogP contribution < -0.4 is 5.32 Å². The van der Waals surface area contributed by atoms with E-state index in [4.69, 9.17) is 0 Å². The topological polar surface area (TPSA) is 95.7 Å². The van der Waals surface area contributed by atoms with Gasteiger partial charge in [0.1, 0.15) is 0 Å². The van der Waals surface area contributed by atoms with Gasteiger partial charge in [-0.3, -0.25) is 14.9 Å². The lowest BCUT2D eigenvalue weighted by atomic mass is 10.1. The Balaban J connectivity index is 1.60. The molecule has 1 fully saturated rings. The fourth-order valence-electron chi connectivity index (χ4n) is 2.85. The average Bonchev–Trinajstić information content (AvgIpc) is 2.58. The fraction of sp³-hybridized carbons (Fsp3) is 0.588. The molecule has 1 saturated heterocycles. The molecule has 7 heteroatoms. The molecule has 0 aromatic heterocycles. The molecule has 0 atom stereocenters. The Kier molecular flexibility index (Phi) is 7.14. The van der Waals surface area contributed by atoms with Crippen molar-refractivity contribution in [1.82, 2.24) is 10.2 Å². The van der Waals surface area contributed by atoms with Gasteiger partial charge in [0.2, 0.25) is 5.91 Å². The first kappa shape index (κ1) is 18.4. The number of non-ortho nitro benzene ring substituents is 1. The largest absolute Gasteiger partial charge is 0.393 e. The van der Waals surface area contributed by atoms with E-state index in [1.807, 2.05) is 0 Å². The van der Waals surface area contributed by atoms with E-state index < -0.39 is 4.92 Å². The SMILES string of the molecule is O=C(CCc1cccc([N+](=O)[O-])c1)NCCCN1CCC(O)CC1. The summed E-state index contributed by atoms with van der Waals surface area (Å²) in [5.74, 6) is -0.0319. The summed E-state index contributed by atoms with van der Waals surface area (Å²) < 4.78 is 0. The van der Waals surface area contributed by atoms with Gasteiger partial charge in [-0.05, 0) is 37.8 Å². The van der Waals surface area contributed by atoms with Gasteiger partial charge in [-0.1, -0.05) is 12.1 Å². The number of aliphatic hydroxyl groups excluding tert-OH is 1. The summed E-state index contributed by atoms with van der Waals surface area (Å²) >= 11 is 0. The molecule has 132 valence electrons. The standard InChI is InChI=1S/C17H25N3O4/c21-16-7-11-19(12-8-16)10-2-9-18-17(22)6-5-14-3-1-4-15(13-14)20(23)24/h1,3-4,13,16,21H,2,5-12H2,(H,18,22). The number of rotatable bonds is 8. The van der Waals surface area contributed by atoms with Crippen molar-refractivity contribution in [2.24, 2.45) is 0 Å². The molecule has 2 N–H and O–H groups in total. The molecular formula is C17H25N3O4. The number of nitro benzene ring substituents is 1. The molecular weight excluding hydrogens is 310 g/mol. The maximum absolute atomic E-state index is 11.8. The summed E-state index contributed by atoms with van der Waals surface area (Å²) in [7, 11) is 0. The molecule has 1 aliphatic rings. The number of aliphatic hydroxyl groups is 1. The highest BCUT2D eigenvalue weighted by Gasteiger charge is 2.16. The molecule has 0 unspecified atom stereocenters. The Bertz CT molecular complexity index is 557. The van der Waals surface area contributed by atoms with Gasteiger partial charge in [0.05, 0.1) is 11.0 Å². The molecule has 1 aromatic rings. The number of amides is 1. The summed E-state index contributed by atoms with van der Waals surface area (Å²) in [6.45, 7) is 3.40. The number of nitrogens with one attached hydrogen (secondary N) is 1. The van der Waals surface area contributed by atoms with E-state index in [-0.39, 0.29) is 17.7 Å². The van der Waals surface area contributed by atoms with Crippen LogP contribution in [0.1, 0.15) is 31.2 Å². The van der Waals surface area contributed by atoms with Crippen LogP contribution in [0.25, 0.3) is 0 Å². The highest BCUT2D eigenvalue weighted by molar-refractivity contribution is 5.76. The van der Waals surface area contributed by atoms with Crippen LogP contribution in [-0.4, -0.2) is 53.1 Å². The van der Waals surface area contributed by atoms with E-state index in [1.165, 1.54) is 12.1 Å². The van der Waals surface area contributed by atoms with Crippen molar-refractivity contribution in [3.63, 3.8) is 0 Å². The van der Waals surface area contributed by atoms with Crippen LogP contribution in [0.3, 0.4) is 0 Å². The second-order valence-corrected chi connectivity index (χ2v) is 6.20. The lowest BCUT2D eigenvalue weighted by Gasteiger charge is -2.29. The van der Waals surface area contributed by atoms with Gasteiger partial charge >= 0.3 is 0 Å². The Morgan fingerprint density at radius 2 is 2.12 bits per heavy atom.